The van der Waals surface area contributed by atoms with Crippen LogP contribution in [0.4, 0.5) is 16.2 Å². The number of anilines is 2. The first-order chi connectivity index (χ1) is 18.9. The molecule has 206 valence electrons. The summed E-state index contributed by atoms with van der Waals surface area (Å²) in [5.74, 6) is 0.808. The van der Waals surface area contributed by atoms with Crippen LogP contribution in [0.25, 0.3) is 11.0 Å². The highest BCUT2D eigenvalue weighted by Crippen LogP contribution is 2.33. The number of ether oxygens (including phenoxy) is 3. The Hall–Kier alpha value is -4.00. The third-order valence-electron chi connectivity index (χ3n) is 6.69. The van der Waals surface area contributed by atoms with Gasteiger partial charge in [0.25, 0.3) is 5.91 Å². The van der Waals surface area contributed by atoms with Gasteiger partial charge in [0.15, 0.2) is 6.61 Å². The molecule has 3 aromatic rings. The van der Waals surface area contributed by atoms with Crippen LogP contribution in [0.15, 0.2) is 42.6 Å². The van der Waals surface area contributed by atoms with Crippen LogP contribution in [0.3, 0.4) is 0 Å². The third-order valence-corrected chi connectivity index (χ3v) is 6.69. The number of fused-ring (bicyclic) bond motifs is 2. The topological polar surface area (TPSA) is 147 Å². The van der Waals surface area contributed by atoms with Crippen molar-refractivity contribution in [3.8, 4) is 11.6 Å². The first kappa shape index (κ1) is 26.6. The molecule has 1 saturated heterocycles. The Morgan fingerprint density at radius 2 is 2.13 bits per heavy atom. The van der Waals surface area contributed by atoms with E-state index in [-0.39, 0.29) is 25.7 Å². The summed E-state index contributed by atoms with van der Waals surface area (Å²) in [4.78, 5) is 36.8. The number of hydrogen-bond acceptors (Lipinski definition) is 10. The number of nitrogens with one attached hydrogen (secondary N) is 1. The number of aliphatic hydroxyl groups is 2. The molecule has 4 heterocycles. The van der Waals surface area contributed by atoms with E-state index in [0.29, 0.717) is 49.1 Å². The zero-order valence-corrected chi connectivity index (χ0v) is 21.6. The number of carbonyl (C=O) groups excluding carboxylic acids is 2. The van der Waals surface area contributed by atoms with E-state index < -0.39 is 18.3 Å². The van der Waals surface area contributed by atoms with Crippen molar-refractivity contribution in [1.82, 2.24) is 14.9 Å². The smallest absolute Gasteiger partial charge is 0.414 e. The lowest BCUT2D eigenvalue weighted by atomic mass is 10.1. The number of pyridine rings is 2. The van der Waals surface area contributed by atoms with E-state index in [9.17, 15) is 19.8 Å². The van der Waals surface area contributed by atoms with Crippen molar-refractivity contribution >= 4 is 34.4 Å². The molecule has 0 bridgehead atoms. The van der Waals surface area contributed by atoms with Gasteiger partial charge in [-0.3, -0.25) is 19.6 Å². The van der Waals surface area contributed by atoms with E-state index in [0.717, 1.165) is 23.0 Å². The standard InChI is InChI=1S/C27H31N5O7/c1-37-25-7-5-21-26(30-25)17(8-9-28-21)3-2-10-31(12-19(34)15-33)13-20-14-32(27(36)39-20)18-4-6-23-22(11-18)29-24(35)16-38-23/h4-9,11,19-20,33-34H,2-3,10,12-16H2,1H3,(H,29,35)/t19-,20-/m1/s1. The zero-order chi connectivity index (χ0) is 27.4. The summed E-state index contributed by atoms with van der Waals surface area (Å²) in [6.45, 7) is 1.10. The Morgan fingerprint density at radius 3 is 2.95 bits per heavy atom. The van der Waals surface area contributed by atoms with Gasteiger partial charge >= 0.3 is 6.09 Å². The summed E-state index contributed by atoms with van der Waals surface area (Å²) >= 11 is 0. The Morgan fingerprint density at radius 1 is 1.26 bits per heavy atom. The number of cyclic esters (lactones) is 1. The normalized spacial score (nSPS) is 17.5. The molecule has 39 heavy (non-hydrogen) atoms. The van der Waals surface area contributed by atoms with Crippen molar-refractivity contribution < 1.29 is 34.0 Å². The molecule has 12 heteroatoms. The SMILES string of the molecule is COc1ccc2nccc(CCCN(C[C@@H](O)CO)C[C@@H]3CN(c4ccc5c(c4)NC(=O)CO5)C(=O)O3)c2n1. The first-order valence-electron chi connectivity index (χ1n) is 12.8. The summed E-state index contributed by atoms with van der Waals surface area (Å²) in [6.07, 6.45) is 1.35. The van der Waals surface area contributed by atoms with Crippen LogP contribution >= 0.6 is 0 Å². The summed E-state index contributed by atoms with van der Waals surface area (Å²) in [7, 11) is 1.57. The van der Waals surface area contributed by atoms with Gasteiger partial charge in [-0.15, -0.1) is 0 Å². The summed E-state index contributed by atoms with van der Waals surface area (Å²) in [6, 6.07) is 10.7. The van der Waals surface area contributed by atoms with Crippen LogP contribution in [0.1, 0.15) is 12.0 Å². The number of carbonyl (C=O) groups is 2. The first-order valence-corrected chi connectivity index (χ1v) is 12.8. The molecule has 0 radical (unpaired) electrons. The molecule has 2 aliphatic heterocycles. The quantitative estimate of drug-likeness (QED) is 0.329. The van der Waals surface area contributed by atoms with E-state index in [1.54, 1.807) is 37.6 Å². The number of methoxy groups -OCH3 is 1. The molecule has 1 fully saturated rings. The van der Waals surface area contributed by atoms with E-state index in [4.69, 9.17) is 14.2 Å². The monoisotopic (exact) mass is 537 g/mol. The van der Waals surface area contributed by atoms with Crippen LogP contribution < -0.4 is 19.7 Å². The van der Waals surface area contributed by atoms with Gasteiger partial charge in [0, 0.05) is 31.0 Å². The Labute approximate surface area is 225 Å². The molecule has 0 saturated carbocycles. The maximum absolute atomic E-state index is 12.7. The maximum atomic E-state index is 12.7. The molecule has 2 aliphatic rings. The maximum Gasteiger partial charge on any atom is 0.414 e. The highest BCUT2D eigenvalue weighted by molar-refractivity contribution is 5.97. The predicted molar refractivity (Wildman–Crippen MR) is 142 cm³/mol. The molecule has 2 amide bonds. The van der Waals surface area contributed by atoms with Gasteiger partial charge in [-0.25, -0.2) is 9.78 Å². The lowest BCUT2D eigenvalue weighted by molar-refractivity contribution is -0.118. The molecule has 5 rings (SSSR count). The average Bonchev–Trinajstić information content (AvgIpc) is 3.31. The largest absolute Gasteiger partial charge is 0.482 e. The molecule has 2 atom stereocenters. The number of amides is 2. The number of nitrogens with zero attached hydrogens (tertiary/aromatic N) is 4. The zero-order valence-electron chi connectivity index (χ0n) is 21.6. The second-order valence-electron chi connectivity index (χ2n) is 9.52. The van der Waals surface area contributed by atoms with Gasteiger partial charge in [0.1, 0.15) is 11.9 Å². The highest BCUT2D eigenvalue weighted by Gasteiger charge is 2.34. The van der Waals surface area contributed by atoms with Crippen molar-refractivity contribution in [2.45, 2.75) is 25.0 Å². The van der Waals surface area contributed by atoms with Crippen LogP contribution in [-0.4, -0.2) is 95.8 Å². The Kier molecular flexibility index (Phi) is 8.05. The minimum Gasteiger partial charge on any atom is -0.482 e. The second kappa shape index (κ2) is 11.8. The Balaban J connectivity index is 1.23. The molecule has 0 aliphatic carbocycles. The summed E-state index contributed by atoms with van der Waals surface area (Å²) in [5, 5.41) is 22.3. The van der Waals surface area contributed by atoms with Crippen molar-refractivity contribution in [1.29, 1.82) is 0 Å². The molecule has 12 nitrogen and oxygen atoms in total. The van der Waals surface area contributed by atoms with Crippen molar-refractivity contribution in [3.63, 3.8) is 0 Å². The predicted octanol–water partition coefficient (Wildman–Crippen LogP) is 1.58. The number of aliphatic hydroxyl groups excluding tert-OH is 2. The van der Waals surface area contributed by atoms with Crippen molar-refractivity contribution in [2.75, 3.05) is 56.7 Å². The fraction of sp³-hybridized carbons (Fsp3) is 0.407. The van der Waals surface area contributed by atoms with Gasteiger partial charge in [0.05, 0.1) is 43.1 Å². The highest BCUT2D eigenvalue weighted by atomic mass is 16.6. The number of aromatic nitrogens is 2. The van der Waals surface area contributed by atoms with Crippen molar-refractivity contribution in [2.24, 2.45) is 0 Å². The fourth-order valence-electron chi connectivity index (χ4n) is 4.84. The van der Waals surface area contributed by atoms with Crippen LogP contribution in [0.2, 0.25) is 0 Å². The molecule has 0 unspecified atom stereocenters. The number of rotatable bonds is 11. The molecular weight excluding hydrogens is 506 g/mol. The van der Waals surface area contributed by atoms with Gasteiger partial charge in [-0.05, 0) is 55.3 Å². The van der Waals surface area contributed by atoms with Crippen molar-refractivity contribution in [3.05, 3.63) is 48.2 Å². The fourth-order valence-corrected chi connectivity index (χ4v) is 4.84. The minimum atomic E-state index is -0.921. The van der Waals surface area contributed by atoms with Crippen LogP contribution in [-0.2, 0) is 16.0 Å². The molecule has 0 spiro atoms. The average molecular weight is 538 g/mol. The van der Waals surface area contributed by atoms with Gasteiger partial charge in [0.2, 0.25) is 5.88 Å². The van der Waals surface area contributed by atoms with Gasteiger partial charge in [-0.1, -0.05) is 0 Å². The van der Waals surface area contributed by atoms with Gasteiger partial charge in [-0.2, -0.15) is 0 Å². The molecule has 3 N–H and O–H groups in total. The summed E-state index contributed by atoms with van der Waals surface area (Å²) in [5.41, 5.74) is 3.69. The van der Waals surface area contributed by atoms with E-state index >= 15 is 0 Å². The van der Waals surface area contributed by atoms with Gasteiger partial charge < -0.3 is 29.7 Å². The second-order valence-corrected chi connectivity index (χ2v) is 9.52. The number of hydrogen-bond donors (Lipinski definition) is 3. The number of aryl methyl sites for hydroxylation is 1. The van der Waals surface area contributed by atoms with Crippen LogP contribution in [0, 0.1) is 0 Å². The molecule has 1 aromatic carbocycles. The molecule has 2 aromatic heterocycles. The molecular formula is C27H31N5O7. The number of benzene rings is 1. The third kappa shape index (κ3) is 6.19. The van der Waals surface area contributed by atoms with Crippen LogP contribution in [0.5, 0.6) is 11.6 Å². The van der Waals surface area contributed by atoms with E-state index in [2.05, 4.69) is 15.3 Å². The Bertz CT molecular complexity index is 1350. The minimum absolute atomic E-state index is 0.0439. The van der Waals surface area contributed by atoms with E-state index in [1.165, 1.54) is 4.90 Å². The lowest BCUT2D eigenvalue weighted by Crippen LogP contribution is -2.41. The van der Waals surface area contributed by atoms with E-state index in [1.807, 2.05) is 17.0 Å². The lowest BCUT2D eigenvalue weighted by Gasteiger charge is -2.26. The summed E-state index contributed by atoms with van der Waals surface area (Å²) < 4.78 is 16.3.